The molecule has 0 saturated carbocycles. The van der Waals surface area contributed by atoms with Crippen LogP contribution in [-0.4, -0.2) is 14.4 Å². The first kappa shape index (κ1) is 8.78. The minimum Gasteiger partial charge on any atom is -0.301 e. The van der Waals surface area contributed by atoms with Gasteiger partial charge in [0.15, 0.2) is 10.5 Å². The summed E-state index contributed by atoms with van der Waals surface area (Å²) in [7, 11) is 0. The van der Waals surface area contributed by atoms with Crippen molar-refractivity contribution >= 4 is 28.8 Å². The smallest absolute Gasteiger partial charge is 0.155 e. The van der Waals surface area contributed by atoms with E-state index < -0.39 is 4.84 Å². The van der Waals surface area contributed by atoms with E-state index in [-0.39, 0.29) is 0 Å². The summed E-state index contributed by atoms with van der Waals surface area (Å²) < 4.78 is 1.90. The van der Waals surface area contributed by atoms with Gasteiger partial charge in [-0.1, -0.05) is 23.2 Å². The van der Waals surface area contributed by atoms with Gasteiger partial charge in [-0.25, -0.2) is 4.98 Å². The molecule has 2 aromatic rings. The lowest BCUT2D eigenvalue weighted by molar-refractivity contribution is 1.05. The van der Waals surface area contributed by atoms with Crippen LogP contribution in [0.3, 0.4) is 0 Å². The molecule has 0 aromatic carbocycles. The average Bonchev–Trinajstić information content (AvgIpc) is 2.49. The van der Waals surface area contributed by atoms with Gasteiger partial charge in [0.05, 0.1) is 11.9 Å². The molecule has 0 aliphatic carbocycles. The number of nitrogens with zero attached hydrogens (tertiary/aromatic N) is 3. The van der Waals surface area contributed by atoms with Crippen LogP contribution >= 0.6 is 23.2 Å². The van der Waals surface area contributed by atoms with Crippen molar-refractivity contribution in [1.29, 1.82) is 0 Å². The van der Waals surface area contributed by atoms with Gasteiger partial charge in [0.2, 0.25) is 0 Å². The van der Waals surface area contributed by atoms with Crippen LogP contribution in [0.5, 0.6) is 0 Å². The number of alkyl halides is 2. The lowest BCUT2D eigenvalue weighted by Crippen LogP contribution is -1.89. The highest BCUT2D eigenvalue weighted by atomic mass is 35.5. The third-order valence-corrected chi connectivity index (χ3v) is 2.25. The van der Waals surface area contributed by atoms with Crippen molar-refractivity contribution in [2.45, 2.75) is 11.8 Å². The maximum absolute atomic E-state index is 5.70. The number of imidazole rings is 1. The zero-order valence-electron chi connectivity index (χ0n) is 6.91. The minimum atomic E-state index is -0.584. The van der Waals surface area contributed by atoms with Crippen molar-refractivity contribution in [2.24, 2.45) is 0 Å². The summed E-state index contributed by atoms with van der Waals surface area (Å²) in [6, 6.07) is 0. The molecule has 0 saturated heterocycles. The molecule has 2 rings (SSSR count). The fourth-order valence-corrected chi connectivity index (χ4v) is 1.38. The Labute approximate surface area is 85.3 Å². The van der Waals surface area contributed by atoms with Gasteiger partial charge in [0, 0.05) is 18.1 Å². The predicted molar refractivity (Wildman–Crippen MR) is 52.2 cm³/mol. The Hall–Kier alpha value is -0.800. The second-order valence-electron chi connectivity index (χ2n) is 2.74. The van der Waals surface area contributed by atoms with Crippen LogP contribution in [0.25, 0.3) is 5.65 Å². The van der Waals surface area contributed by atoms with Gasteiger partial charge >= 0.3 is 0 Å². The van der Waals surface area contributed by atoms with Crippen LogP contribution in [0, 0.1) is 6.92 Å². The molecule has 0 spiro atoms. The van der Waals surface area contributed by atoms with E-state index in [2.05, 4.69) is 9.97 Å². The lowest BCUT2D eigenvalue weighted by atomic mass is 10.5. The van der Waals surface area contributed by atoms with Crippen LogP contribution in [0.4, 0.5) is 0 Å². The molecule has 13 heavy (non-hydrogen) atoms. The number of halogens is 2. The summed E-state index contributed by atoms with van der Waals surface area (Å²) in [5.41, 5.74) is 2.42. The largest absolute Gasteiger partial charge is 0.301 e. The van der Waals surface area contributed by atoms with Crippen molar-refractivity contribution in [2.75, 3.05) is 0 Å². The number of hydrogen-bond acceptors (Lipinski definition) is 2. The van der Waals surface area contributed by atoms with Crippen LogP contribution in [-0.2, 0) is 0 Å². The first-order valence-corrected chi connectivity index (χ1v) is 4.63. The first-order valence-electron chi connectivity index (χ1n) is 3.76. The van der Waals surface area contributed by atoms with Crippen LogP contribution in [0.2, 0.25) is 0 Å². The molecule has 0 unspecified atom stereocenters. The van der Waals surface area contributed by atoms with E-state index in [0.29, 0.717) is 5.69 Å². The summed E-state index contributed by atoms with van der Waals surface area (Å²) in [6.07, 6.45) is 5.25. The number of aryl methyl sites for hydroxylation is 1. The van der Waals surface area contributed by atoms with Gasteiger partial charge < -0.3 is 4.40 Å². The molecule has 68 valence electrons. The minimum absolute atomic E-state index is 0.584. The Balaban J connectivity index is 2.68. The first-order chi connectivity index (χ1) is 6.18. The van der Waals surface area contributed by atoms with Crippen molar-refractivity contribution in [3.63, 3.8) is 0 Å². The van der Waals surface area contributed by atoms with Crippen LogP contribution in [0.15, 0.2) is 18.6 Å². The summed E-state index contributed by atoms with van der Waals surface area (Å²) in [5.74, 6) is 0. The molecule has 0 amide bonds. The molecule has 2 heterocycles. The van der Waals surface area contributed by atoms with Crippen molar-refractivity contribution in [3.05, 3.63) is 30.0 Å². The number of hydrogen-bond donors (Lipinski definition) is 0. The fraction of sp³-hybridized carbons (Fsp3) is 0.250. The topological polar surface area (TPSA) is 30.2 Å². The predicted octanol–water partition coefficient (Wildman–Crippen LogP) is 2.51. The van der Waals surface area contributed by atoms with Crippen molar-refractivity contribution < 1.29 is 0 Å². The molecule has 3 nitrogen and oxygen atoms in total. The number of rotatable bonds is 1. The maximum atomic E-state index is 5.70. The Morgan fingerprint density at radius 1 is 1.38 bits per heavy atom. The highest BCUT2D eigenvalue weighted by Gasteiger charge is 2.09. The molecule has 0 bridgehead atoms. The molecule has 0 aliphatic rings. The standard InChI is InChI=1S/C8H7Cl2N3/c1-5-2-11-3-7-12-6(8(9)10)4-13(5)7/h2-4,8H,1H3. The fourth-order valence-electron chi connectivity index (χ4n) is 1.17. The van der Waals surface area contributed by atoms with Crippen molar-refractivity contribution in [3.8, 4) is 0 Å². The quantitative estimate of drug-likeness (QED) is 0.685. The summed E-state index contributed by atoms with van der Waals surface area (Å²) in [5, 5.41) is 0. The van der Waals surface area contributed by atoms with Gasteiger partial charge in [0.1, 0.15) is 0 Å². The highest BCUT2D eigenvalue weighted by Crippen LogP contribution is 2.23. The van der Waals surface area contributed by atoms with Gasteiger partial charge in [-0.15, -0.1) is 0 Å². The molecule has 5 heteroatoms. The van der Waals surface area contributed by atoms with E-state index in [0.717, 1.165) is 11.3 Å². The maximum Gasteiger partial charge on any atom is 0.155 e. The van der Waals surface area contributed by atoms with E-state index in [9.17, 15) is 0 Å². The molecule has 0 aliphatic heterocycles. The summed E-state index contributed by atoms with van der Waals surface area (Å²) in [4.78, 5) is 7.64. The third-order valence-electron chi connectivity index (χ3n) is 1.81. The van der Waals surface area contributed by atoms with Crippen LogP contribution in [0.1, 0.15) is 16.2 Å². The second kappa shape index (κ2) is 3.16. The Morgan fingerprint density at radius 2 is 2.15 bits per heavy atom. The van der Waals surface area contributed by atoms with E-state index in [1.165, 1.54) is 0 Å². The van der Waals surface area contributed by atoms with Gasteiger partial charge in [-0.2, -0.15) is 0 Å². The number of aromatic nitrogens is 3. The zero-order valence-corrected chi connectivity index (χ0v) is 8.42. The normalized spacial score (nSPS) is 11.4. The van der Waals surface area contributed by atoms with E-state index in [1.54, 1.807) is 12.4 Å². The van der Waals surface area contributed by atoms with Gasteiger partial charge in [-0.05, 0) is 6.92 Å². The Bertz CT molecular complexity index is 436. The molecule has 2 aromatic heterocycles. The van der Waals surface area contributed by atoms with E-state index >= 15 is 0 Å². The van der Waals surface area contributed by atoms with E-state index in [4.69, 9.17) is 23.2 Å². The molecule has 0 radical (unpaired) electrons. The monoisotopic (exact) mass is 215 g/mol. The average molecular weight is 216 g/mol. The summed E-state index contributed by atoms with van der Waals surface area (Å²) >= 11 is 11.4. The Morgan fingerprint density at radius 3 is 2.77 bits per heavy atom. The third kappa shape index (κ3) is 1.49. The second-order valence-corrected chi connectivity index (χ2v) is 3.84. The van der Waals surface area contributed by atoms with E-state index in [1.807, 2.05) is 17.5 Å². The van der Waals surface area contributed by atoms with Crippen molar-refractivity contribution in [1.82, 2.24) is 14.4 Å². The highest BCUT2D eigenvalue weighted by molar-refractivity contribution is 6.43. The van der Waals surface area contributed by atoms with Crippen LogP contribution < -0.4 is 0 Å². The molecular weight excluding hydrogens is 209 g/mol. The Kier molecular flexibility index (Phi) is 2.14. The molecule has 0 atom stereocenters. The van der Waals surface area contributed by atoms with Gasteiger partial charge in [0.25, 0.3) is 0 Å². The molecule has 0 N–H and O–H groups in total. The zero-order chi connectivity index (χ0) is 9.42. The lowest BCUT2D eigenvalue weighted by Gasteiger charge is -1.95. The SMILES string of the molecule is Cc1cncc2nc(C(Cl)Cl)cn12. The summed E-state index contributed by atoms with van der Waals surface area (Å²) in [6.45, 7) is 1.95. The number of fused-ring (bicyclic) bond motifs is 1. The molecule has 0 fully saturated rings. The molecular formula is C8H7Cl2N3. The van der Waals surface area contributed by atoms with Gasteiger partial charge in [-0.3, -0.25) is 4.98 Å².